The van der Waals surface area contributed by atoms with Gasteiger partial charge in [0.1, 0.15) is 0 Å². The van der Waals surface area contributed by atoms with Crippen molar-refractivity contribution in [2.24, 2.45) is 5.92 Å². The maximum absolute atomic E-state index is 13.8. The van der Waals surface area contributed by atoms with E-state index < -0.39 is 23.3 Å². The molecule has 1 aliphatic rings. The Bertz CT molecular complexity index is 862. The van der Waals surface area contributed by atoms with Crippen molar-refractivity contribution in [1.29, 1.82) is 0 Å². The first-order valence-corrected chi connectivity index (χ1v) is 10.1. The average Bonchev–Trinajstić information content (AvgIpc) is 3.15. The Kier molecular flexibility index (Phi) is 7.05. The number of hydrogen-bond donors (Lipinski definition) is 1. The number of aromatic nitrogens is 2. The molecule has 1 atom stereocenters. The Hall–Kier alpha value is -2.10. The van der Waals surface area contributed by atoms with Crippen molar-refractivity contribution >= 4 is 17.5 Å². The molecule has 0 radical (unpaired) electrons. The van der Waals surface area contributed by atoms with Gasteiger partial charge in [-0.05, 0) is 30.2 Å². The zero-order valence-electron chi connectivity index (χ0n) is 16.7. The first-order valence-electron chi connectivity index (χ1n) is 9.69. The van der Waals surface area contributed by atoms with E-state index in [1.165, 1.54) is 24.3 Å². The molecule has 0 bridgehead atoms. The minimum Gasteiger partial charge on any atom is -0.379 e. The fourth-order valence-corrected chi connectivity index (χ4v) is 3.68. The number of rotatable bonds is 6. The van der Waals surface area contributed by atoms with Crippen LogP contribution in [-0.4, -0.2) is 59.5 Å². The van der Waals surface area contributed by atoms with E-state index in [-0.39, 0.29) is 24.2 Å². The molecule has 164 valence electrons. The zero-order chi connectivity index (χ0) is 21.9. The van der Waals surface area contributed by atoms with Crippen LogP contribution in [0.2, 0.25) is 5.02 Å². The molecule has 1 saturated heterocycles. The van der Waals surface area contributed by atoms with Gasteiger partial charge < -0.3 is 10.1 Å². The van der Waals surface area contributed by atoms with E-state index in [0.29, 0.717) is 22.9 Å². The van der Waals surface area contributed by atoms with Crippen molar-refractivity contribution in [3.63, 3.8) is 0 Å². The Labute approximate surface area is 177 Å². The lowest BCUT2D eigenvalue weighted by atomic mass is 10.0. The molecule has 3 rings (SSSR count). The van der Waals surface area contributed by atoms with Gasteiger partial charge in [0.15, 0.2) is 5.69 Å². The van der Waals surface area contributed by atoms with E-state index in [0.717, 1.165) is 19.3 Å². The second-order valence-corrected chi connectivity index (χ2v) is 7.90. The van der Waals surface area contributed by atoms with Crippen LogP contribution in [0.1, 0.15) is 29.9 Å². The molecule has 30 heavy (non-hydrogen) atoms. The summed E-state index contributed by atoms with van der Waals surface area (Å²) in [6.07, 6.45) is -3.81. The van der Waals surface area contributed by atoms with E-state index in [1.807, 2.05) is 13.8 Å². The molecule has 2 aromatic rings. The first kappa shape index (κ1) is 22.6. The van der Waals surface area contributed by atoms with E-state index in [2.05, 4.69) is 15.3 Å². The summed E-state index contributed by atoms with van der Waals surface area (Å²) in [4.78, 5) is 14.9. The number of amides is 1. The van der Waals surface area contributed by atoms with Crippen LogP contribution in [0.4, 0.5) is 13.2 Å². The van der Waals surface area contributed by atoms with Crippen LogP contribution in [0.5, 0.6) is 0 Å². The smallest absolute Gasteiger partial charge is 0.379 e. The molecule has 1 unspecified atom stereocenters. The Morgan fingerprint density at radius 2 is 1.87 bits per heavy atom. The molecule has 1 fully saturated rings. The van der Waals surface area contributed by atoms with Crippen LogP contribution in [0.25, 0.3) is 5.69 Å². The second kappa shape index (κ2) is 9.36. The number of carbonyl (C=O) groups is 1. The van der Waals surface area contributed by atoms with Crippen LogP contribution in [0, 0.1) is 5.92 Å². The highest BCUT2D eigenvalue weighted by Gasteiger charge is 2.40. The molecule has 0 saturated carbocycles. The maximum atomic E-state index is 13.8. The van der Waals surface area contributed by atoms with Gasteiger partial charge in [-0.25, -0.2) is 4.68 Å². The van der Waals surface area contributed by atoms with E-state index in [1.54, 1.807) is 0 Å². The summed E-state index contributed by atoms with van der Waals surface area (Å²) >= 11 is 5.82. The SMILES string of the molecule is CC(C)C(CNC(=O)c1cnn(-c2ccc(Cl)cc2)c1C(F)(F)F)N1CCOCC1. The minimum atomic E-state index is -4.76. The molecule has 10 heteroatoms. The van der Waals surface area contributed by atoms with Crippen LogP contribution >= 0.6 is 11.6 Å². The Morgan fingerprint density at radius 1 is 1.23 bits per heavy atom. The highest BCUT2D eigenvalue weighted by atomic mass is 35.5. The largest absolute Gasteiger partial charge is 0.434 e. The van der Waals surface area contributed by atoms with Gasteiger partial charge in [-0.2, -0.15) is 18.3 Å². The second-order valence-electron chi connectivity index (χ2n) is 7.46. The van der Waals surface area contributed by atoms with Crippen LogP contribution < -0.4 is 5.32 Å². The average molecular weight is 445 g/mol. The molecule has 1 N–H and O–H groups in total. The van der Waals surface area contributed by atoms with Crippen molar-refractivity contribution < 1.29 is 22.7 Å². The molecule has 6 nitrogen and oxygen atoms in total. The topological polar surface area (TPSA) is 59.4 Å². The summed E-state index contributed by atoms with van der Waals surface area (Å²) < 4.78 is 47.5. The van der Waals surface area contributed by atoms with Gasteiger partial charge in [0.25, 0.3) is 5.91 Å². The van der Waals surface area contributed by atoms with E-state index in [9.17, 15) is 18.0 Å². The number of nitrogens with zero attached hydrogens (tertiary/aromatic N) is 3. The molecular formula is C20H24ClF3N4O2. The summed E-state index contributed by atoms with van der Waals surface area (Å²) in [5.74, 6) is -0.594. The Balaban J connectivity index is 1.82. The molecule has 1 aromatic carbocycles. The zero-order valence-corrected chi connectivity index (χ0v) is 17.5. The van der Waals surface area contributed by atoms with Gasteiger partial charge in [0.05, 0.1) is 30.7 Å². The molecule has 0 aliphatic carbocycles. The predicted molar refractivity (Wildman–Crippen MR) is 107 cm³/mol. The van der Waals surface area contributed by atoms with Crippen molar-refractivity contribution in [2.75, 3.05) is 32.8 Å². The summed E-state index contributed by atoms with van der Waals surface area (Å²) in [7, 11) is 0. The summed E-state index contributed by atoms with van der Waals surface area (Å²) in [5.41, 5.74) is -1.46. The molecule has 1 amide bonds. The third-order valence-electron chi connectivity index (χ3n) is 5.11. The fourth-order valence-electron chi connectivity index (χ4n) is 3.55. The van der Waals surface area contributed by atoms with Crippen LogP contribution in [0.15, 0.2) is 30.5 Å². The molecular weight excluding hydrogens is 421 g/mol. The summed E-state index contributed by atoms with van der Waals surface area (Å²) in [6.45, 7) is 6.92. The van der Waals surface area contributed by atoms with Crippen molar-refractivity contribution in [3.05, 3.63) is 46.7 Å². The molecule has 0 spiro atoms. The summed E-state index contributed by atoms with van der Waals surface area (Å²) in [6, 6.07) is 5.76. The van der Waals surface area contributed by atoms with Gasteiger partial charge >= 0.3 is 6.18 Å². The number of halogens is 4. The third kappa shape index (κ3) is 5.14. The molecule has 1 aromatic heterocycles. The molecule has 2 heterocycles. The van der Waals surface area contributed by atoms with Crippen molar-refractivity contribution in [2.45, 2.75) is 26.1 Å². The Morgan fingerprint density at radius 3 is 2.43 bits per heavy atom. The first-order chi connectivity index (χ1) is 14.2. The number of morpholine rings is 1. The highest BCUT2D eigenvalue weighted by Crippen LogP contribution is 2.34. The van der Waals surface area contributed by atoms with Gasteiger partial charge in [-0.15, -0.1) is 0 Å². The number of hydrogen-bond acceptors (Lipinski definition) is 4. The number of carbonyl (C=O) groups excluding carboxylic acids is 1. The van der Waals surface area contributed by atoms with E-state index >= 15 is 0 Å². The minimum absolute atomic E-state index is 0.00139. The lowest BCUT2D eigenvalue weighted by Gasteiger charge is -2.36. The number of nitrogens with one attached hydrogen (secondary N) is 1. The lowest BCUT2D eigenvalue weighted by Crippen LogP contribution is -2.51. The fraction of sp³-hybridized carbons (Fsp3) is 0.500. The predicted octanol–water partition coefficient (Wildman–Crippen LogP) is 3.63. The third-order valence-corrected chi connectivity index (χ3v) is 5.36. The standard InChI is InChI=1S/C20H24ClF3N4O2/c1-13(2)17(27-7-9-30-10-8-27)12-25-19(29)16-11-26-28(18(16)20(22,23)24)15-5-3-14(21)4-6-15/h3-6,11,13,17H,7-10,12H2,1-2H3,(H,25,29). The van der Waals surface area contributed by atoms with Crippen molar-refractivity contribution in [1.82, 2.24) is 20.0 Å². The highest BCUT2D eigenvalue weighted by molar-refractivity contribution is 6.30. The van der Waals surface area contributed by atoms with Crippen molar-refractivity contribution in [3.8, 4) is 5.69 Å². The van der Waals surface area contributed by atoms with E-state index in [4.69, 9.17) is 16.3 Å². The van der Waals surface area contributed by atoms with Gasteiger partial charge in [-0.3, -0.25) is 9.69 Å². The van der Waals surface area contributed by atoms with Gasteiger partial charge in [-0.1, -0.05) is 25.4 Å². The normalized spacial score (nSPS) is 16.6. The number of benzene rings is 1. The van der Waals surface area contributed by atoms with Crippen LogP contribution in [-0.2, 0) is 10.9 Å². The number of ether oxygens (including phenoxy) is 1. The molecule has 1 aliphatic heterocycles. The lowest BCUT2D eigenvalue weighted by molar-refractivity contribution is -0.143. The monoisotopic (exact) mass is 444 g/mol. The maximum Gasteiger partial charge on any atom is 0.434 e. The van der Waals surface area contributed by atoms with Crippen LogP contribution in [0.3, 0.4) is 0 Å². The van der Waals surface area contributed by atoms with Gasteiger partial charge in [0.2, 0.25) is 0 Å². The quantitative estimate of drug-likeness (QED) is 0.739. The summed E-state index contributed by atoms with van der Waals surface area (Å²) in [5, 5.41) is 6.88. The van der Waals surface area contributed by atoms with Gasteiger partial charge in [0, 0.05) is 30.7 Å². The number of alkyl halides is 3.